The van der Waals surface area contributed by atoms with E-state index in [0.29, 0.717) is 29.4 Å². The molecule has 1 amide bonds. The Morgan fingerprint density at radius 1 is 1.00 bits per heavy atom. The SMILES string of the molecule is COc1cc(C(=O)N(C)Cc2ccccc2N2CCCC2)cc(OC)c1OC. The van der Waals surface area contributed by atoms with Crippen molar-refractivity contribution < 1.29 is 19.0 Å². The molecular formula is C22H28N2O4. The number of rotatable bonds is 7. The third kappa shape index (κ3) is 4.01. The minimum Gasteiger partial charge on any atom is -0.493 e. The third-order valence-corrected chi connectivity index (χ3v) is 5.10. The highest BCUT2D eigenvalue weighted by atomic mass is 16.5. The van der Waals surface area contributed by atoms with Crippen LogP contribution in [0.5, 0.6) is 17.2 Å². The number of para-hydroxylation sites is 1. The van der Waals surface area contributed by atoms with Gasteiger partial charge in [0.1, 0.15) is 0 Å². The first-order chi connectivity index (χ1) is 13.6. The van der Waals surface area contributed by atoms with Crippen LogP contribution in [-0.2, 0) is 6.54 Å². The van der Waals surface area contributed by atoms with Crippen molar-refractivity contribution in [1.29, 1.82) is 0 Å². The summed E-state index contributed by atoms with van der Waals surface area (Å²) < 4.78 is 16.1. The van der Waals surface area contributed by atoms with Crippen molar-refractivity contribution in [1.82, 2.24) is 4.90 Å². The van der Waals surface area contributed by atoms with Crippen LogP contribution >= 0.6 is 0 Å². The van der Waals surface area contributed by atoms with Gasteiger partial charge < -0.3 is 24.0 Å². The lowest BCUT2D eigenvalue weighted by atomic mass is 10.1. The fourth-order valence-electron chi connectivity index (χ4n) is 3.66. The van der Waals surface area contributed by atoms with Gasteiger partial charge >= 0.3 is 0 Å². The molecule has 1 heterocycles. The van der Waals surface area contributed by atoms with Gasteiger partial charge in [0.2, 0.25) is 5.75 Å². The van der Waals surface area contributed by atoms with E-state index >= 15 is 0 Å². The molecule has 6 nitrogen and oxygen atoms in total. The number of carbonyl (C=O) groups excluding carboxylic acids is 1. The van der Waals surface area contributed by atoms with Crippen LogP contribution in [0.25, 0.3) is 0 Å². The zero-order valence-electron chi connectivity index (χ0n) is 17.0. The number of ether oxygens (including phenoxy) is 3. The van der Waals surface area contributed by atoms with Crippen LogP contribution in [0.3, 0.4) is 0 Å². The first-order valence-corrected chi connectivity index (χ1v) is 9.47. The maximum Gasteiger partial charge on any atom is 0.254 e. The van der Waals surface area contributed by atoms with Gasteiger partial charge in [-0.15, -0.1) is 0 Å². The molecule has 1 aliphatic rings. The number of amides is 1. The van der Waals surface area contributed by atoms with E-state index in [2.05, 4.69) is 23.1 Å². The van der Waals surface area contributed by atoms with Crippen molar-refractivity contribution >= 4 is 11.6 Å². The number of anilines is 1. The van der Waals surface area contributed by atoms with Crippen molar-refractivity contribution in [2.45, 2.75) is 19.4 Å². The smallest absolute Gasteiger partial charge is 0.254 e. The number of methoxy groups -OCH3 is 3. The van der Waals surface area contributed by atoms with Crippen molar-refractivity contribution in [2.24, 2.45) is 0 Å². The average Bonchev–Trinajstić information content (AvgIpc) is 3.27. The number of carbonyl (C=O) groups is 1. The van der Waals surface area contributed by atoms with Gasteiger partial charge in [-0.05, 0) is 36.6 Å². The van der Waals surface area contributed by atoms with E-state index in [1.54, 1.807) is 38.4 Å². The number of hydrogen-bond donors (Lipinski definition) is 0. The first-order valence-electron chi connectivity index (χ1n) is 9.47. The minimum absolute atomic E-state index is 0.101. The summed E-state index contributed by atoms with van der Waals surface area (Å²) in [5.41, 5.74) is 2.85. The van der Waals surface area contributed by atoms with E-state index < -0.39 is 0 Å². The second-order valence-corrected chi connectivity index (χ2v) is 6.90. The number of benzene rings is 2. The topological polar surface area (TPSA) is 51.2 Å². The van der Waals surface area contributed by atoms with E-state index in [-0.39, 0.29) is 5.91 Å². The van der Waals surface area contributed by atoms with Crippen LogP contribution in [0, 0.1) is 0 Å². The molecule has 0 aliphatic carbocycles. The number of hydrogen-bond acceptors (Lipinski definition) is 5. The summed E-state index contributed by atoms with van der Waals surface area (Å²) in [7, 11) is 6.44. The Kier molecular flexibility index (Phi) is 6.29. The largest absolute Gasteiger partial charge is 0.493 e. The van der Waals surface area contributed by atoms with E-state index in [9.17, 15) is 4.79 Å². The average molecular weight is 384 g/mol. The highest BCUT2D eigenvalue weighted by Crippen LogP contribution is 2.38. The van der Waals surface area contributed by atoms with Gasteiger partial charge in [-0.1, -0.05) is 18.2 Å². The molecule has 0 atom stereocenters. The van der Waals surface area contributed by atoms with Crippen LogP contribution in [0.15, 0.2) is 36.4 Å². The van der Waals surface area contributed by atoms with Crippen molar-refractivity contribution in [3.63, 3.8) is 0 Å². The Labute approximate surface area is 166 Å². The number of nitrogens with zero attached hydrogens (tertiary/aromatic N) is 2. The molecule has 1 aliphatic heterocycles. The fraction of sp³-hybridized carbons (Fsp3) is 0.409. The van der Waals surface area contributed by atoms with E-state index in [1.165, 1.54) is 18.5 Å². The fourth-order valence-corrected chi connectivity index (χ4v) is 3.66. The summed E-state index contributed by atoms with van der Waals surface area (Å²) in [5, 5.41) is 0. The molecule has 0 saturated carbocycles. The molecule has 1 saturated heterocycles. The molecule has 0 spiro atoms. The molecular weight excluding hydrogens is 356 g/mol. The summed E-state index contributed by atoms with van der Waals surface area (Å²) in [6.07, 6.45) is 2.43. The van der Waals surface area contributed by atoms with Gasteiger partial charge in [0, 0.05) is 37.9 Å². The second kappa shape index (κ2) is 8.87. The predicted molar refractivity (Wildman–Crippen MR) is 110 cm³/mol. The molecule has 2 aromatic rings. The van der Waals surface area contributed by atoms with Crippen LogP contribution in [0.4, 0.5) is 5.69 Å². The molecule has 0 aromatic heterocycles. The summed E-state index contributed by atoms with van der Waals surface area (Å²) in [4.78, 5) is 17.2. The lowest BCUT2D eigenvalue weighted by Gasteiger charge is -2.25. The van der Waals surface area contributed by atoms with E-state index in [4.69, 9.17) is 14.2 Å². The van der Waals surface area contributed by atoms with Crippen molar-refractivity contribution in [3.05, 3.63) is 47.5 Å². The van der Waals surface area contributed by atoms with Crippen LogP contribution < -0.4 is 19.1 Å². The summed E-state index contributed by atoms with van der Waals surface area (Å²) >= 11 is 0. The highest BCUT2D eigenvalue weighted by molar-refractivity contribution is 5.95. The normalized spacial score (nSPS) is 13.4. The van der Waals surface area contributed by atoms with Gasteiger partial charge in [-0.2, -0.15) is 0 Å². The van der Waals surface area contributed by atoms with Crippen molar-refractivity contribution in [2.75, 3.05) is 46.4 Å². The Hall–Kier alpha value is -2.89. The zero-order chi connectivity index (χ0) is 20.1. The molecule has 0 unspecified atom stereocenters. The van der Waals surface area contributed by atoms with Crippen LogP contribution in [-0.4, -0.2) is 52.3 Å². The maximum atomic E-state index is 13.1. The molecule has 0 radical (unpaired) electrons. The summed E-state index contributed by atoms with van der Waals surface area (Å²) in [5.74, 6) is 1.31. The lowest BCUT2D eigenvalue weighted by molar-refractivity contribution is 0.0784. The van der Waals surface area contributed by atoms with Gasteiger partial charge in [-0.25, -0.2) is 0 Å². The molecule has 1 fully saturated rings. The predicted octanol–water partition coefficient (Wildman–Crippen LogP) is 3.58. The molecule has 3 rings (SSSR count). The lowest BCUT2D eigenvalue weighted by Crippen LogP contribution is -2.28. The van der Waals surface area contributed by atoms with Gasteiger partial charge in [-0.3, -0.25) is 4.79 Å². The zero-order valence-corrected chi connectivity index (χ0v) is 17.0. The molecule has 2 aromatic carbocycles. The highest BCUT2D eigenvalue weighted by Gasteiger charge is 2.21. The van der Waals surface area contributed by atoms with Crippen LogP contribution in [0.2, 0.25) is 0 Å². The Balaban J connectivity index is 1.84. The monoisotopic (exact) mass is 384 g/mol. The van der Waals surface area contributed by atoms with Gasteiger partial charge in [0.15, 0.2) is 11.5 Å². The quantitative estimate of drug-likeness (QED) is 0.730. The summed E-state index contributed by atoms with van der Waals surface area (Å²) in [6.45, 7) is 2.67. The van der Waals surface area contributed by atoms with E-state index in [0.717, 1.165) is 18.7 Å². The summed E-state index contributed by atoms with van der Waals surface area (Å²) in [6, 6.07) is 11.7. The Morgan fingerprint density at radius 3 is 2.18 bits per heavy atom. The third-order valence-electron chi connectivity index (χ3n) is 5.10. The second-order valence-electron chi connectivity index (χ2n) is 6.90. The Bertz CT molecular complexity index is 806. The Morgan fingerprint density at radius 2 is 1.61 bits per heavy atom. The maximum absolute atomic E-state index is 13.1. The molecule has 28 heavy (non-hydrogen) atoms. The van der Waals surface area contributed by atoms with Gasteiger partial charge in [0.05, 0.1) is 21.3 Å². The molecule has 0 bridgehead atoms. The van der Waals surface area contributed by atoms with E-state index in [1.807, 2.05) is 13.1 Å². The first kappa shape index (κ1) is 19.9. The van der Waals surface area contributed by atoms with Crippen molar-refractivity contribution in [3.8, 4) is 17.2 Å². The molecule has 6 heteroatoms. The van der Waals surface area contributed by atoms with Crippen LogP contribution in [0.1, 0.15) is 28.8 Å². The minimum atomic E-state index is -0.101. The van der Waals surface area contributed by atoms with Gasteiger partial charge in [0.25, 0.3) is 5.91 Å². The standard InChI is InChI=1S/C22H28N2O4/c1-23(15-16-9-5-6-10-18(16)24-11-7-8-12-24)22(25)17-13-19(26-2)21(28-4)20(14-17)27-3/h5-6,9-10,13-14H,7-8,11-12,15H2,1-4H3. The molecule has 0 N–H and O–H groups in total. The molecule has 150 valence electrons.